The van der Waals surface area contributed by atoms with Crippen LogP contribution in [0.4, 0.5) is 0 Å². The van der Waals surface area contributed by atoms with Gasteiger partial charge < -0.3 is 9.52 Å². The third kappa shape index (κ3) is 4.97. The predicted molar refractivity (Wildman–Crippen MR) is 110 cm³/mol. The van der Waals surface area contributed by atoms with Crippen LogP contribution in [-0.4, -0.2) is 5.11 Å². The fraction of sp³-hybridized carbons (Fsp3) is 0.792. The van der Waals surface area contributed by atoms with Crippen LogP contribution in [0.2, 0.25) is 0 Å². The van der Waals surface area contributed by atoms with Gasteiger partial charge in [0.15, 0.2) is 0 Å². The second-order valence-electron chi connectivity index (χ2n) is 8.99. The Labute approximate surface area is 164 Å². The van der Waals surface area contributed by atoms with E-state index in [4.69, 9.17) is 4.42 Å². The quantitative estimate of drug-likeness (QED) is 0.565. The van der Waals surface area contributed by atoms with E-state index in [0.717, 1.165) is 25.2 Å². The summed E-state index contributed by atoms with van der Waals surface area (Å²) < 4.78 is 5.84. The maximum absolute atomic E-state index is 12.9. The number of hydrogen-bond acceptors (Lipinski definition) is 3. The van der Waals surface area contributed by atoms with Crippen LogP contribution in [0.5, 0.6) is 5.75 Å². The van der Waals surface area contributed by atoms with Crippen LogP contribution in [0, 0.1) is 11.8 Å². The van der Waals surface area contributed by atoms with Gasteiger partial charge in [-0.15, -0.1) is 0 Å². The van der Waals surface area contributed by atoms with E-state index in [0.29, 0.717) is 17.2 Å². The van der Waals surface area contributed by atoms with Crippen LogP contribution >= 0.6 is 0 Å². The van der Waals surface area contributed by atoms with Crippen molar-refractivity contribution in [3.8, 4) is 5.75 Å². The smallest absolute Gasteiger partial charge is 0.343 e. The molecule has 3 nitrogen and oxygen atoms in total. The van der Waals surface area contributed by atoms with Gasteiger partial charge in [-0.25, -0.2) is 4.79 Å². The SMILES string of the molecule is CC[C@H](CC1CCCCC1)c1cc(O)c([C@H](CC)C2CCCCC2)c(=O)o1. The third-order valence-corrected chi connectivity index (χ3v) is 7.25. The molecule has 1 heterocycles. The average Bonchev–Trinajstić information content (AvgIpc) is 2.70. The lowest BCUT2D eigenvalue weighted by atomic mass is 9.75. The molecular weight excluding hydrogens is 336 g/mol. The fourth-order valence-corrected chi connectivity index (χ4v) is 5.67. The van der Waals surface area contributed by atoms with Crippen LogP contribution in [0.3, 0.4) is 0 Å². The van der Waals surface area contributed by atoms with Gasteiger partial charge in [-0.1, -0.05) is 65.2 Å². The summed E-state index contributed by atoms with van der Waals surface area (Å²) in [6.07, 6.45) is 15.6. The summed E-state index contributed by atoms with van der Waals surface area (Å²) in [5.74, 6) is 2.51. The Hall–Kier alpha value is -1.25. The molecule has 1 aromatic rings. The van der Waals surface area contributed by atoms with Crippen LogP contribution in [0.1, 0.15) is 120 Å². The molecule has 152 valence electrons. The largest absolute Gasteiger partial charge is 0.507 e. The minimum atomic E-state index is -0.287. The molecule has 0 unspecified atom stereocenters. The highest BCUT2D eigenvalue weighted by Gasteiger charge is 2.30. The molecule has 0 saturated heterocycles. The first-order valence-electron chi connectivity index (χ1n) is 11.5. The Morgan fingerprint density at radius 3 is 2.19 bits per heavy atom. The van der Waals surface area contributed by atoms with E-state index in [-0.39, 0.29) is 23.2 Å². The molecule has 1 N–H and O–H groups in total. The van der Waals surface area contributed by atoms with Crippen molar-refractivity contribution in [3.63, 3.8) is 0 Å². The van der Waals surface area contributed by atoms with Gasteiger partial charge in [0.05, 0.1) is 5.56 Å². The van der Waals surface area contributed by atoms with Crippen LogP contribution in [0.15, 0.2) is 15.3 Å². The van der Waals surface area contributed by atoms with Gasteiger partial charge in [-0.3, -0.25) is 0 Å². The summed E-state index contributed by atoms with van der Waals surface area (Å²) >= 11 is 0. The molecule has 0 radical (unpaired) electrons. The van der Waals surface area contributed by atoms with Gasteiger partial charge in [0.25, 0.3) is 0 Å². The lowest BCUT2D eigenvalue weighted by Crippen LogP contribution is -2.22. The Bertz CT molecular complexity index is 636. The summed E-state index contributed by atoms with van der Waals surface area (Å²) in [5.41, 5.74) is 0.255. The molecule has 27 heavy (non-hydrogen) atoms. The van der Waals surface area contributed by atoms with Crippen molar-refractivity contribution in [2.24, 2.45) is 11.8 Å². The summed E-state index contributed by atoms with van der Waals surface area (Å²) in [6.45, 7) is 4.29. The van der Waals surface area contributed by atoms with E-state index >= 15 is 0 Å². The molecule has 1 aromatic heterocycles. The highest BCUT2D eigenvalue weighted by molar-refractivity contribution is 5.34. The standard InChI is InChI=1S/C24H38O3/c1-3-18(15-17-11-7-5-8-12-17)22-16-21(25)23(24(26)27-22)20(4-2)19-13-9-6-10-14-19/h16-20,25H,3-15H2,1-2H3/t18-,20-/m1/s1. The molecule has 3 rings (SSSR count). The van der Waals surface area contributed by atoms with Gasteiger partial charge in [0.2, 0.25) is 0 Å². The lowest BCUT2D eigenvalue weighted by Gasteiger charge is -2.30. The molecule has 2 aliphatic carbocycles. The molecule has 2 saturated carbocycles. The van der Waals surface area contributed by atoms with Crippen LogP contribution in [-0.2, 0) is 0 Å². The maximum Gasteiger partial charge on any atom is 0.343 e. The molecule has 2 aliphatic rings. The molecule has 2 atom stereocenters. The zero-order chi connectivity index (χ0) is 19.2. The van der Waals surface area contributed by atoms with Crippen molar-refractivity contribution < 1.29 is 9.52 Å². The Balaban J connectivity index is 1.81. The van der Waals surface area contributed by atoms with Crippen molar-refractivity contribution in [2.45, 2.75) is 109 Å². The van der Waals surface area contributed by atoms with Crippen molar-refractivity contribution in [1.29, 1.82) is 0 Å². The van der Waals surface area contributed by atoms with E-state index in [1.54, 1.807) is 6.07 Å². The van der Waals surface area contributed by atoms with E-state index in [2.05, 4.69) is 13.8 Å². The molecule has 0 bridgehead atoms. The first kappa shape index (κ1) is 20.5. The number of hydrogen-bond donors (Lipinski definition) is 1. The minimum Gasteiger partial charge on any atom is -0.507 e. The summed E-state index contributed by atoms with van der Waals surface area (Å²) in [7, 11) is 0. The summed E-state index contributed by atoms with van der Waals surface area (Å²) in [4.78, 5) is 12.9. The number of aromatic hydroxyl groups is 1. The van der Waals surface area contributed by atoms with Gasteiger partial charge in [-0.05, 0) is 49.9 Å². The molecule has 3 heteroatoms. The lowest BCUT2D eigenvalue weighted by molar-refractivity contribution is 0.274. The highest BCUT2D eigenvalue weighted by atomic mass is 16.4. The van der Waals surface area contributed by atoms with Crippen molar-refractivity contribution in [3.05, 3.63) is 27.8 Å². The van der Waals surface area contributed by atoms with Gasteiger partial charge in [0.1, 0.15) is 11.5 Å². The van der Waals surface area contributed by atoms with Gasteiger partial charge >= 0.3 is 5.63 Å². The minimum absolute atomic E-state index is 0.133. The van der Waals surface area contributed by atoms with Gasteiger partial charge in [-0.2, -0.15) is 0 Å². The normalized spacial score (nSPS) is 21.9. The van der Waals surface area contributed by atoms with E-state index in [9.17, 15) is 9.90 Å². The maximum atomic E-state index is 12.9. The third-order valence-electron chi connectivity index (χ3n) is 7.25. The zero-order valence-corrected chi connectivity index (χ0v) is 17.3. The fourth-order valence-electron chi connectivity index (χ4n) is 5.67. The zero-order valence-electron chi connectivity index (χ0n) is 17.3. The summed E-state index contributed by atoms with van der Waals surface area (Å²) in [6, 6.07) is 1.78. The van der Waals surface area contributed by atoms with E-state index in [1.807, 2.05) is 0 Å². The van der Waals surface area contributed by atoms with Crippen molar-refractivity contribution in [2.75, 3.05) is 0 Å². The highest BCUT2D eigenvalue weighted by Crippen LogP contribution is 2.41. The molecule has 0 aromatic carbocycles. The molecule has 0 spiro atoms. The van der Waals surface area contributed by atoms with Gasteiger partial charge in [0, 0.05) is 12.0 Å². The van der Waals surface area contributed by atoms with E-state index in [1.165, 1.54) is 64.2 Å². The molecule has 0 aliphatic heterocycles. The Kier molecular flexibility index (Phi) is 7.43. The second kappa shape index (κ2) is 9.80. The molecular formula is C24H38O3. The van der Waals surface area contributed by atoms with Crippen LogP contribution in [0.25, 0.3) is 0 Å². The first-order chi connectivity index (χ1) is 13.1. The average molecular weight is 375 g/mol. The molecule has 2 fully saturated rings. The molecule has 0 amide bonds. The Morgan fingerprint density at radius 1 is 1.00 bits per heavy atom. The predicted octanol–water partition coefficient (Wildman–Crippen LogP) is 6.88. The van der Waals surface area contributed by atoms with Crippen LogP contribution < -0.4 is 5.63 Å². The summed E-state index contributed by atoms with van der Waals surface area (Å²) in [5, 5.41) is 10.8. The first-order valence-corrected chi connectivity index (χ1v) is 11.5. The van der Waals surface area contributed by atoms with Crippen molar-refractivity contribution in [1.82, 2.24) is 0 Å². The monoisotopic (exact) mass is 374 g/mol. The van der Waals surface area contributed by atoms with E-state index < -0.39 is 0 Å². The Morgan fingerprint density at radius 2 is 1.63 bits per heavy atom. The number of rotatable bonds is 7. The second-order valence-corrected chi connectivity index (χ2v) is 8.99. The van der Waals surface area contributed by atoms with Crippen molar-refractivity contribution >= 4 is 0 Å². The topological polar surface area (TPSA) is 50.4 Å².